The zero-order valence-corrected chi connectivity index (χ0v) is 11.9. The molecule has 0 amide bonds. The van der Waals surface area contributed by atoms with Crippen LogP contribution in [0.25, 0.3) is 0 Å². The van der Waals surface area contributed by atoms with E-state index in [0.29, 0.717) is 11.3 Å². The fourth-order valence-corrected chi connectivity index (χ4v) is 3.44. The number of nitrogens with one attached hydrogen (secondary N) is 1. The standard InChI is InChI=1S/C16H25N/c1-11-6-12(2)15(13(3)7-11)14-8-16(4,5)10-17-9-14/h6-7,14,17H,8-10H2,1-5H3. The molecule has 17 heavy (non-hydrogen) atoms. The summed E-state index contributed by atoms with van der Waals surface area (Å²) in [5.41, 5.74) is 6.31. The molecule has 1 saturated heterocycles. The lowest BCUT2D eigenvalue weighted by molar-refractivity contribution is 0.239. The van der Waals surface area contributed by atoms with Crippen molar-refractivity contribution in [2.75, 3.05) is 13.1 Å². The summed E-state index contributed by atoms with van der Waals surface area (Å²) >= 11 is 0. The number of hydrogen-bond acceptors (Lipinski definition) is 1. The molecule has 1 fully saturated rings. The van der Waals surface area contributed by atoms with Crippen molar-refractivity contribution in [2.45, 2.75) is 47.0 Å². The highest BCUT2D eigenvalue weighted by Crippen LogP contribution is 2.37. The lowest BCUT2D eigenvalue weighted by Gasteiger charge is -2.37. The van der Waals surface area contributed by atoms with Gasteiger partial charge in [0, 0.05) is 13.1 Å². The minimum Gasteiger partial charge on any atom is -0.316 e. The van der Waals surface area contributed by atoms with Gasteiger partial charge in [0.2, 0.25) is 0 Å². The van der Waals surface area contributed by atoms with Gasteiger partial charge < -0.3 is 5.32 Å². The Labute approximate surface area is 106 Å². The molecule has 94 valence electrons. The van der Waals surface area contributed by atoms with Crippen LogP contribution in [0.5, 0.6) is 0 Å². The van der Waals surface area contributed by atoms with Gasteiger partial charge in [0.1, 0.15) is 0 Å². The van der Waals surface area contributed by atoms with Gasteiger partial charge in [0.05, 0.1) is 0 Å². The monoisotopic (exact) mass is 231 g/mol. The van der Waals surface area contributed by atoms with Crippen LogP contribution >= 0.6 is 0 Å². The third-order valence-corrected chi connectivity index (χ3v) is 3.94. The maximum Gasteiger partial charge on any atom is 0.00207 e. The lowest BCUT2D eigenvalue weighted by atomic mass is 9.75. The average molecular weight is 231 g/mol. The Balaban J connectivity index is 2.34. The van der Waals surface area contributed by atoms with E-state index in [1.54, 1.807) is 5.56 Å². The number of benzene rings is 1. The van der Waals surface area contributed by atoms with Crippen LogP contribution in [0.15, 0.2) is 12.1 Å². The van der Waals surface area contributed by atoms with Crippen LogP contribution in [0.2, 0.25) is 0 Å². The molecule has 1 aromatic carbocycles. The van der Waals surface area contributed by atoms with E-state index < -0.39 is 0 Å². The molecule has 1 N–H and O–H groups in total. The predicted octanol–water partition coefficient (Wildman–Crippen LogP) is 3.71. The molecule has 0 saturated carbocycles. The highest BCUT2D eigenvalue weighted by Gasteiger charge is 2.30. The first-order valence-corrected chi connectivity index (χ1v) is 6.67. The minimum atomic E-state index is 0.423. The second kappa shape index (κ2) is 4.45. The quantitative estimate of drug-likeness (QED) is 0.777. The summed E-state index contributed by atoms with van der Waals surface area (Å²) in [6.07, 6.45) is 1.30. The second-order valence-electron chi connectivity index (χ2n) is 6.51. The summed E-state index contributed by atoms with van der Waals surface area (Å²) in [6.45, 7) is 13.7. The number of hydrogen-bond donors (Lipinski definition) is 1. The van der Waals surface area contributed by atoms with Gasteiger partial charge in [0.15, 0.2) is 0 Å². The SMILES string of the molecule is Cc1cc(C)c(C2CNCC(C)(C)C2)c(C)c1. The molecular weight excluding hydrogens is 206 g/mol. The van der Waals surface area contributed by atoms with Gasteiger partial charge in [-0.15, -0.1) is 0 Å². The summed E-state index contributed by atoms with van der Waals surface area (Å²) in [7, 11) is 0. The van der Waals surface area contributed by atoms with E-state index in [1.165, 1.54) is 23.1 Å². The first-order chi connectivity index (χ1) is 7.89. The third kappa shape index (κ3) is 2.71. The van der Waals surface area contributed by atoms with Crippen molar-refractivity contribution in [3.63, 3.8) is 0 Å². The van der Waals surface area contributed by atoms with E-state index in [4.69, 9.17) is 0 Å². The van der Waals surface area contributed by atoms with Crippen LogP contribution in [0.4, 0.5) is 0 Å². The number of rotatable bonds is 1. The highest BCUT2D eigenvalue weighted by molar-refractivity contribution is 5.40. The molecule has 1 heterocycles. The topological polar surface area (TPSA) is 12.0 Å². The van der Waals surface area contributed by atoms with Crippen molar-refractivity contribution in [2.24, 2.45) is 5.41 Å². The molecule has 0 spiro atoms. The van der Waals surface area contributed by atoms with Crippen molar-refractivity contribution in [3.8, 4) is 0 Å². The summed E-state index contributed by atoms with van der Waals surface area (Å²) in [5.74, 6) is 0.680. The van der Waals surface area contributed by atoms with Crippen molar-refractivity contribution >= 4 is 0 Å². The molecule has 2 rings (SSSR count). The fourth-order valence-electron chi connectivity index (χ4n) is 3.44. The van der Waals surface area contributed by atoms with E-state index in [2.05, 4.69) is 52.1 Å². The molecule has 1 heteroatoms. The predicted molar refractivity (Wildman–Crippen MR) is 74.7 cm³/mol. The van der Waals surface area contributed by atoms with Gasteiger partial charge in [-0.05, 0) is 55.2 Å². The first kappa shape index (κ1) is 12.6. The Bertz CT molecular complexity index is 395. The third-order valence-electron chi connectivity index (χ3n) is 3.94. The molecular formula is C16H25N. The van der Waals surface area contributed by atoms with E-state index in [1.807, 2.05) is 0 Å². The van der Waals surface area contributed by atoms with Gasteiger partial charge in [0.25, 0.3) is 0 Å². The Kier molecular flexibility index (Phi) is 3.31. The Morgan fingerprint density at radius 3 is 2.24 bits per heavy atom. The molecule has 0 aliphatic carbocycles. The van der Waals surface area contributed by atoms with Crippen LogP contribution in [-0.4, -0.2) is 13.1 Å². The molecule has 0 aromatic heterocycles. The summed E-state index contributed by atoms with van der Waals surface area (Å²) in [5, 5.41) is 3.59. The van der Waals surface area contributed by atoms with Gasteiger partial charge >= 0.3 is 0 Å². The van der Waals surface area contributed by atoms with E-state index in [9.17, 15) is 0 Å². The van der Waals surface area contributed by atoms with E-state index in [0.717, 1.165) is 13.1 Å². The normalized spacial score (nSPS) is 23.7. The summed E-state index contributed by atoms with van der Waals surface area (Å²) in [4.78, 5) is 0. The summed E-state index contributed by atoms with van der Waals surface area (Å²) < 4.78 is 0. The molecule has 1 unspecified atom stereocenters. The Morgan fingerprint density at radius 1 is 1.12 bits per heavy atom. The van der Waals surface area contributed by atoms with Crippen LogP contribution in [-0.2, 0) is 0 Å². The Morgan fingerprint density at radius 2 is 1.71 bits per heavy atom. The van der Waals surface area contributed by atoms with Crippen molar-refractivity contribution in [3.05, 3.63) is 34.4 Å². The molecule has 1 atom stereocenters. The summed E-state index contributed by atoms with van der Waals surface area (Å²) in [6, 6.07) is 4.65. The van der Waals surface area contributed by atoms with Crippen LogP contribution < -0.4 is 5.32 Å². The Hall–Kier alpha value is -0.820. The number of piperidine rings is 1. The van der Waals surface area contributed by atoms with Crippen LogP contribution in [0.1, 0.15) is 48.4 Å². The molecule has 0 bridgehead atoms. The average Bonchev–Trinajstić information content (AvgIpc) is 2.13. The van der Waals surface area contributed by atoms with Gasteiger partial charge in [-0.2, -0.15) is 0 Å². The van der Waals surface area contributed by atoms with Crippen molar-refractivity contribution in [1.29, 1.82) is 0 Å². The molecule has 0 radical (unpaired) electrons. The lowest BCUT2D eigenvalue weighted by Crippen LogP contribution is -2.40. The van der Waals surface area contributed by atoms with Crippen molar-refractivity contribution < 1.29 is 0 Å². The molecule has 1 aromatic rings. The molecule has 1 nitrogen and oxygen atoms in total. The van der Waals surface area contributed by atoms with E-state index >= 15 is 0 Å². The minimum absolute atomic E-state index is 0.423. The van der Waals surface area contributed by atoms with Gasteiger partial charge in [-0.25, -0.2) is 0 Å². The highest BCUT2D eigenvalue weighted by atomic mass is 14.9. The number of aryl methyl sites for hydroxylation is 3. The maximum absolute atomic E-state index is 3.59. The second-order valence-corrected chi connectivity index (χ2v) is 6.51. The largest absolute Gasteiger partial charge is 0.316 e. The van der Waals surface area contributed by atoms with Crippen LogP contribution in [0.3, 0.4) is 0 Å². The van der Waals surface area contributed by atoms with E-state index in [-0.39, 0.29) is 0 Å². The van der Waals surface area contributed by atoms with Gasteiger partial charge in [-0.1, -0.05) is 31.5 Å². The maximum atomic E-state index is 3.59. The zero-order valence-electron chi connectivity index (χ0n) is 11.9. The smallest absolute Gasteiger partial charge is 0.00207 e. The van der Waals surface area contributed by atoms with Gasteiger partial charge in [-0.3, -0.25) is 0 Å². The molecule has 1 aliphatic rings. The fraction of sp³-hybridized carbons (Fsp3) is 0.625. The zero-order chi connectivity index (χ0) is 12.6. The molecule has 1 aliphatic heterocycles. The first-order valence-electron chi connectivity index (χ1n) is 6.67. The van der Waals surface area contributed by atoms with Crippen molar-refractivity contribution in [1.82, 2.24) is 5.32 Å². The van der Waals surface area contributed by atoms with Crippen LogP contribution in [0, 0.1) is 26.2 Å².